The molecule has 2 aromatic carbocycles. The van der Waals surface area contributed by atoms with Crippen molar-refractivity contribution in [3.63, 3.8) is 0 Å². The minimum absolute atomic E-state index is 0.0553. The number of aromatic hydroxyl groups is 1. The summed E-state index contributed by atoms with van der Waals surface area (Å²) in [5, 5.41) is 19.1. The van der Waals surface area contributed by atoms with E-state index in [1.54, 1.807) is 0 Å². The van der Waals surface area contributed by atoms with E-state index in [-0.39, 0.29) is 39.4 Å². The third-order valence-corrected chi connectivity index (χ3v) is 7.66. The summed E-state index contributed by atoms with van der Waals surface area (Å²) in [5.41, 5.74) is 0.305. The van der Waals surface area contributed by atoms with Gasteiger partial charge in [-0.3, -0.25) is 9.67 Å². The topological polar surface area (TPSA) is 63.0 Å². The molecule has 3 atom stereocenters. The van der Waals surface area contributed by atoms with Gasteiger partial charge < -0.3 is 10.4 Å². The molecule has 2 aromatic heterocycles. The van der Waals surface area contributed by atoms with Gasteiger partial charge in [-0.05, 0) is 48.5 Å². The number of piperidine rings is 1. The largest absolute Gasteiger partial charge is 0.508 e. The van der Waals surface area contributed by atoms with Crippen LogP contribution in [0.3, 0.4) is 0 Å². The highest BCUT2D eigenvalue weighted by atomic mass is 19.3. The highest BCUT2D eigenvalue weighted by molar-refractivity contribution is 6.02. The molecule has 35 heavy (non-hydrogen) atoms. The number of nitrogens with one attached hydrogen (secondary N) is 1. The first-order valence-corrected chi connectivity index (χ1v) is 11.4. The van der Waals surface area contributed by atoms with E-state index in [1.807, 2.05) is 0 Å². The van der Waals surface area contributed by atoms with Crippen molar-refractivity contribution in [2.75, 3.05) is 13.1 Å². The van der Waals surface area contributed by atoms with Gasteiger partial charge in [0.15, 0.2) is 5.82 Å². The zero-order valence-corrected chi connectivity index (χ0v) is 18.2. The zero-order chi connectivity index (χ0) is 24.2. The standard InChI is InChI=1S/C26H18F4N4O/c1-2-13-18(27)4-3-11-5-12(35)6-14(20(11)13)24-22(28)25-17(10-32-24)23(21-15-8-31-9-16(15)21)33-34(25)19-7-26(19,29)30/h1,3-6,10,15-16,19,21,31,35H,7-9H2. The fourth-order valence-electron chi connectivity index (χ4n) is 5.81. The lowest BCUT2D eigenvalue weighted by molar-refractivity contribution is 0.0990. The molecule has 7 rings (SSSR count). The number of pyridine rings is 1. The van der Waals surface area contributed by atoms with Crippen molar-refractivity contribution in [3.05, 3.63) is 53.4 Å². The average Bonchev–Trinajstić information content (AvgIpc) is 3.49. The van der Waals surface area contributed by atoms with Crippen molar-refractivity contribution < 1.29 is 22.7 Å². The van der Waals surface area contributed by atoms with Gasteiger partial charge in [-0.15, -0.1) is 6.42 Å². The summed E-state index contributed by atoms with van der Waals surface area (Å²) in [4.78, 5) is 4.33. The molecule has 2 saturated carbocycles. The molecule has 3 fully saturated rings. The number of phenols is 1. The summed E-state index contributed by atoms with van der Waals surface area (Å²) in [5.74, 6) is -1.62. The Morgan fingerprint density at radius 3 is 2.60 bits per heavy atom. The van der Waals surface area contributed by atoms with E-state index >= 15 is 4.39 Å². The summed E-state index contributed by atoms with van der Waals surface area (Å²) in [6.07, 6.45) is 6.58. The van der Waals surface area contributed by atoms with Crippen LogP contribution < -0.4 is 5.32 Å². The Labute approximate surface area is 196 Å². The summed E-state index contributed by atoms with van der Waals surface area (Å²) in [6.45, 7) is 1.62. The summed E-state index contributed by atoms with van der Waals surface area (Å²) in [6, 6.07) is 4.01. The van der Waals surface area contributed by atoms with E-state index in [2.05, 4.69) is 21.3 Å². The van der Waals surface area contributed by atoms with Gasteiger partial charge in [0.2, 0.25) is 0 Å². The minimum Gasteiger partial charge on any atom is -0.508 e. The highest BCUT2D eigenvalue weighted by Crippen LogP contribution is 2.59. The van der Waals surface area contributed by atoms with E-state index < -0.39 is 30.0 Å². The van der Waals surface area contributed by atoms with Crippen molar-refractivity contribution in [2.45, 2.75) is 24.3 Å². The molecule has 1 aliphatic heterocycles. The quantitative estimate of drug-likeness (QED) is 0.330. The zero-order valence-electron chi connectivity index (χ0n) is 18.2. The maximum absolute atomic E-state index is 16.2. The molecular weight excluding hydrogens is 460 g/mol. The Morgan fingerprint density at radius 2 is 1.91 bits per heavy atom. The molecule has 0 spiro atoms. The average molecular weight is 478 g/mol. The Kier molecular flexibility index (Phi) is 3.98. The lowest BCUT2D eigenvalue weighted by atomic mass is 9.95. The molecule has 0 amide bonds. The molecule has 1 saturated heterocycles. The van der Waals surface area contributed by atoms with E-state index in [1.165, 1.54) is 30.5 Å². The minimum atomic E-state index is -2.97. The van der Waals surface area contributed by atoms with Gasteiger partial charge in [-0.2, -0.15) is 5.10 Å². The number of hydrogen-bond donors (Lipinski definition) is 2. The number of rotatable bonds is 3. The number of halogens is 4. The molecule has 9 heteroatoms. The highest BCUT2D eigenvalue weighted by Gasteiger charge is 2.61. The van der Waals surface area contributed by atoms with Crippen LogP contribution in [0.25, 0.3) is 32.9 Å². The maximum Gasteiger partial charge on any atom is 0.272 e. The lowest BCUT2D eigenvalue weighted by Gasteiger charge is -2.12. The van der Waals surface area contributed by atoms with Crippen molar-refractivity contribution in [1.82, 2.24) is 20.1 Å². The van der Waals surface area contributed by atoms with Crippen molar-refractivity contribution in [2.24, 2.45) is 11.8 Å². The Hall–Kier alpha value is -3.64. The number of fused-ring (bicyclic) bond motifs is 3. The van der Waals surface area contributed by atoms with Crippen LogP contribution in [-0.4, -0.2) is 38.9 Å². The monoisotopic (exact) mass is 478 g/mol. The second kappa shape index (κ2) is 6.73. The Morgan fingerprint density at radius 1 is 1.17 bits per heavy atom. The molecular formula is C26H18F4N4O. The molecule has 3 unspecified atom stereocenters. The van der Waals surface area contributed by atoms with Crippen molar-refractivity contribution in [3.8, 4) is 29.4 Å². The first-order valence-electron chi connectivity index (χ1n) is 11.4. The molecule has 176 valence electrons. The molecule has 0 radical (unpaired) electrons. The smallest absolute Gasteiger partial charge is 0.272 e. The summed E-state index contributed by atoms with van der Waals surface area (Å²) < 4.78 is 60.1. The van der Waals surface area contributed by atoms with Crippen molar-refractivity contribution in [1.29, 1.82) is 0 Å². The molecule has 0 bridgehead atoms. The van der Waals surface area contributed by atoms with Gasteiger partial charge in [0.05, 0.1) is 11.3 Å². The molecule has 3 heterocycles. The number of nitrogens with zero attached hydrogens (tertiary/aromatic N) is 3. The van der Waals surface area contributed by atoms with E-state index in [0.29, 0.717) is 28.3 Å². The number of alkyl halides is 2. The van der Waals surface area contributed by atoms with Gasteiger partial charge in [-0.1, -0.05) is 12.0 Å². The van der Waals surface area contributed by atoms with Crippen LogP contribution >= 0.6 is 0 Å². The van der Waals surface area contributed by atoms with E-state index in [9.17, 15) is 18.3 Å². The number of terminal acetylenes is 1. The van der Waals surface area contributed by atoms with Gasteiger partial charge in [0.25, 0.3) is 5.92 Å². The second-order valence-corrected chi connectivity index (χ2v) is 9.66. The normalized spacial score (nSPS) is 26.1. The second-order valence-electron chi connectivity index (χ2n) is 9.66. The van der Waals surface area contributed by atoms with Crippen LogP contribution in [0.5, 0.6) is 5.75 Å². The Bertz CT molecular complexity index is 1610. The third-order valence-electron chi connectivity index (χ3n) is 7.66. The first-order chi connectivity index (χ1) is 16.8. The SMILES string of the molecule is C#Cc1c(F)ccc2cc(O)cc(-c3ncc4c(C5C6CNCC65)nn(C5CC5(F)F)c4c3F)c12. The van der Waals surface area contributed by atoms with Crippen LogP contribution in [-0.2, 0) is 0 Å². The van der Waals surface area contributed by atoms with E-state index in [0.717, 1.165) is 17.8 Å². The van der Waals surface area contributed by atoms with Gasteiger partial charge >= 0.3 is 0 Å². The Balaban J connectivity index is 1.50. The van der Waals surface area contributed by atoms with Gasteiger partial charge in [-0.25, -0.2) is 17.6 Å². The number of phenolic OH excluding ortho intramolecular Hbond substituents is 1. The number of aromatic nitrogens is 3. The third kappa shape index (κ3) is 2.80. The molecule has 2 aliphatic carbocycles. The predicted octanol–water partition coefficient (Wildman–Crippen LogP) is 4.73. The number of hydrogen-bond acceptors (Lipinski definition) is 4. The van der Waals surface area contributed by atoms with Gasteiger partial charge in [0, 0.05) is 34.9 Å². The van der Waals surface area contributed by atoms with Crippen LogP contribution in [0.1, 0.15) is 29.6 Å². The fraction of sp³-hybridized carbons (Fsp3) is 0.308. The van der Waals surface area contributed by atoms with Crippen LogP contribution in [0.15, 0.2) is 30.5 Å². The van der Waals surface area contributed by atoms with Crippen LogP contribution in [0.2, 0.25) is 0 Å². The van der Waals surface area contributed by atoms with Crippen LogP contribution in [0.4, 0.5) is 17.6 Å². The molecule has 5 nitrogen and oxygen atoms in total. The molecule has 4 aromatic rings. The summed E-state index contributed by atoms with van der Waals surface area (Å²) >= 11 is 0. The van der Waals surface area contributed by atoms with Crippen molar-refractivity contribution >= 4 is 21.7 Å². The van der Waals surface area contributed by atoms with Crippen LogP contribution in [0, 0.1) is 35.8 Å². The molecule has 2 N–H and O–H groups in total. The van der Waals surface area contributed by atoms with Gasteiger partial charge in [0.1, 0.15) is 28.8 Å². The fourth-order valence-corrected chi connectivity index (χ4v) is 5.81. The molecule has 3 aliphatic rings. The predicted molar refractivity (Wildman–Crippen MR) is 121 cm³/mol. The lowest BCUT2D eigenvalue weighted by Crippen LogP contribution is -2.14. The maximum atomic E-state index is 16.2. The summed E-state index contributed by atoms with van der Waals surface area (Å²) in [7, 11) is 0. The first kappa shape index (κ1) is 20.7. The number of benzene rings is 2. The van der Waals surface area contributed by atoms with E-state index in [4.69, 9.17) is 6.42 Å².